The largest absolute Gasteiger partial charge is 0.493 e. The predicted molar refractivity (Wildman–Crippen MR) is 117 cm³/mol. The minimum absolute atomic E-state index is 0.202. The molecule has 0 atom stereocenters. The van der Waals surface area contributed by atoms with E-state index in [4.69, 9.17) is 18.6 Å². The van der Waals surface area contributed by atoms with Crippen molar-refractivity contribution in [1.82, 2.24) is 0 Å². The van der Waals surface area contributed by atoms with Gasteiger partial charge in [0.2, 0.25) is 0 Å². The van der Waals surface area contributed by atoms with Crippen LogP contribution in [0.1, 0.15) is 15.9 Å². The summed E-state index contributed by atoms with van der Waals surface area (Å²) in [6, 6.07) is 15.0. The topological polar surface area (TPSA) is 75.0 Å². The van der Waals surface area contributed by atoms with Gasteiger partial charge in [0.1, 0.15) is 17.1 Å². The second-order valence-electron chi connectivity index (χ2n) is 7.01. The molecule has 0 amide bonds. The van der Waals surface area contributed by atoms with Crippen LogP contribution in [0.15, 0.2) is 69.9 Å². The van der Waals surface area contributed by atoms with E-state index in [0.717, 1.165) is 0 Å². The van der Waals surface area contributed by atoms with Crippen molar-refractivity contribution >= 4 is 16.9 Å². The average Bonchev–Trinajstić information content (AvgIpc) is 2.79. The monoisotopic (exact) mass is 434 g/mol. The fourth-order valence-electron chi connectivity index (χ4n) is 3.48. The molecule has 1 heterocycles. The number of rotatable bonds is 5. The Labute approximate surface area is 182 Å². The summed E-state index contributed by atoms with van der Waals surface area (Å²) in [7, 11) is 3.06. The lowest BCUT2D eigenvalue weighted by molar-refractivity contribution is 0.0735. The molecular formula is C25H19FO6. The van der Waals surface area contributed by atoms with E-state index in [1.165, 1.54) is 44.6 Å². The Morgan fingerprint density at radius 3 is 2.31 bits per heavy atom. The van der Waals surface area contributed by atoms with E-state index in [0.29, 0.717) is 33.6 Å². The zero-order valence-corrected chi connectivity index (χ0v) is 17.6. The molecule has 0 aliphatic heterocycles. The van der Waals surface area contributed by atoms with Crippen molar-refractivity contribution in [1.29, 1.82) is 0 Å². The van der Waals surface area contributed by atoms with Crippen molar-refractivity contribution in [3.63, 3.8) is 0 Å². The van der Waals surface area contributed by atoms with Crippen molar-refractivity contribution in [2.24, 2.45) is 0 Å². The summed E-state index contributed by atoms with van der Waals surface area (Å²) in [5.41, 5.74) is 1.68. The van der Waals surface area contributed by atoms with E-state index >= 15 is 0 Å². The molecule has 3 aromatic carbocycles. The fraction of sp³-hybridized carbons (Fsp3) is 0.120. The summed E-state index contributed by atoms with van der Waals surface area (Å²) in [6.07, 6.45) is 0. The Balaban J connectivity index is 1.71. The number of aryl methyl sites for hydroxylation is 1. The van der Waals surface area contributed by atoms with Crippen LogP contribution in [0.2, 0.25) is 0 Å². The van der Waals surface area contributed by atoms with Crippen molar-refractivity contribution in [2.75, 3.05) is 14.2 Å². The van der Waals surface area contributed by atoms with Crippen LogP contribution in [-0.2, 0) is 0 Å². The molecule has 32 heavy (non-hydrogen) atoms. The van der Waals surface area contributed by atoms with Gasteiger partial charge in [-0.15, -0.1) is 0 Å². The van der Waals surface area contributed by atoms with Gasteiger partial charge in [-0.05, 0) is 66.6 Å². The number of benzene rings is 3. The van der Waals surface area contributed by atoms with Crippen molar-refractivity contribution < 1.29 is 27.8 Å². The quantitative estimate of drug-likeness (QED) is 0.246. The molecule has 0 unspecified atom stereocenters. The first-order valence-electron chi connectivity index (χ1n) is 9.69. The molecule has 4 aromatic rings. The lowest BCUT2D eigenvalue weighted by Gasteiger charge is -2.12. The summed E-state index contributed by atoms with van der Waals surface area (Å²) in [5, 5.41) is 0.691. The van der Waals surface area contributed by atoms with Crippen LogP contribution in [0.3, 0.4) is 0 Å². The molecule has 0 fully saturated rings. The van der Waals surface area contributed by atoms with E-state index in [2.05, 4.69) is 0 Å². The fourth-order valence-corrected chi connectivity index (χ4v) is 3.48. The van der Waals surface area contributed by atoms with Crippen LogP contribution in [-0.4, -0.2) is 20.2 Å². The van der Waals surface area contributed by atoms with Crippen molar-refractivity contribution in [3.8, 4) is 28.4 Å². The summed E-state index contributed by atoms with van der Waals surface area (Å²) < 4.78 is 34.5. The zero-order valence-electron chi connectivity index (χ0n) is 17.6. The molecule has 162 valence electrons. The maximum Gasteiger partial charge on any atom is 0.344 e. The number of hydrogen-bond acceptors (Lipinski definition) is 6. The smallest absolute Gasteiger partial charge is 0.344 e. The van der Waals surface area contributed by atoms with Gasteiger partial charge >= 0.3 is 11.6 Å². The Morgan fingerprint density at radius 2 is 1.62 bits per heavy atom. The molecule has 0 saturated heterocycles. The Morgan fingerprint density at radius 1 is 0.906 bits per heavy atom. The lowest BCUT2D eigenvalue weighted by Crippen LogP contribution is -2.09. The molecule has 0 spiro atoms. The third-order valence-corrected chi connectivity index (χ3v) is 5.10. The summed E-state index contributed by atoms with van der Waals surface area (Å²) >= 11 is 0. The van der Waals surface area contributed by atoms with E-state index in [1.54, 1.807) is 30.3 Å². The van der Waals surface area contributed by atoms with Gasteiger partial charge in [0.15, 0.2) is 11.5 Å². The number of esters is 1. The Hall–Kier alpha value is -4.13. The molecule has 6 nitrogen and oxygen atoms in total. The number of hydrogen-bond donors (Lipinski definition) is 0. The number of carbonyl (C=O) groups is 1. The van der Waals surface area contributed by atoms with E-state index < -0.39 is 17.4 Å². The molecule has 0 bridgehead atoms. The van der Waals surface area contributed by atoms with Gasteiger partial charge in [-0.25, -0.2) is 14.0 Å². The van der Waals surface area contributed by atoms with Crippen LogP contribution in [0.4, 0.5) is 4.39 Å². The first-order chi connectivity index (χ1) is 15.4. The molecule has 7 heteroatoms. The zero-order chi connectivity index (χ0) is 22.8. The van der Waals surface area contributed by atoms with Crippen molar-refractivity contribution in [3.05, 3.63) is 88.0 Å². The number of carbonyl (C=O) groups excluding carboxylic acids is 1. The van der Waals surface area contributed by atoms with E-state index in [1.807, 2.05) is 6.92 Å². The van der Waals surface area contributed by atoms with Gasteiger partial charge in [0, 0.05) is 11.5 Å². The first kappa shape index (κ1) is 21.1. The molecular weight excluding hydrogens is 415 g/mol. The molecule has 0 aliphatic carbocycles. The second-order valence-corrected chi connectivity index (χ2v) is 7.01. The lowest BCUT2D eigenvalue weighted by atomic mass is 9.99. The van der Waals surface area contributed by atoms with Crippen LogP contribution in [0.5, 0.6) is 17.2 Å². The number of methoxy groups -OCH3 is 2. The molecule has 0 radical (unpaired) electrons. The van der Waals surface area contributed by atoms with Crippen LogP contribution >= 0.6 is 0 Å². The molecule has 1 aromatic heterocycles. The number of ether oxygens (including phenoxy) is 3. The number of fused-ring (bicyclic) bond motifs is 1. The minimum Gasteiger partial charge on any atom is -0.493 e. The van der Waals surface area contributed by atoms with Crippen LogP contribution < -0.4 is 19.8 Å². The van der Waals surface area contributed by atoms with Gasteiger partial charge in [0.05, 0.1) is 25.3 Å². The highest BCUT2D eigenvalue weighted by atomic mass is 19.1. The molecule has 4 rings (SSSR count). The third kappa shape index (κ3) is 3.92. The number of halogens is 1. The normalized spacial score (nSPS) is 10.8. The second kappa shape index (κ2) is 8.55. The van der Waals surface area contributed by atoms with Crippen LogP contribution in [0.25, 0.3) is 22.1 Å². The highest BCUT2D eigenvalue weighted by molar-refractivity contribution is 5.92. The Kier molecular flexibility index (Phi) is 5.64. The van der Waals surface area contributed by atoms with Gasteiger partial charge in [-0.2, -0.15) is 0 Å². The van der Waals surface area contributed by atoms with Crippen LogP contribution in [0, 0.1) is 12.7 Å². The van der Waals surface area contributed by atoms with Gasteiger partial charge in [0.25, 0.3) is 0 Å². The highest BCUT2D eigenvalue weighted by Gasteiger charge is 2.17. The predicted octanol–water partition coefficient (Wildman–Crippen LogP) is 5.14. The van der Waals surface area contributed by atoms with E-state index in [-0.39, 0.29) is 16.9 Å². The van der Waals surface area contributed by atoms with Gasteiger partial charge in [-0.1, -0.05) is 6.07 Å². The van der Waals surface area contributed by atoms with E-state index in [9.17, 15) is 14.0 Å². The third-order valence-electron chi connectivity index (χ3n) is 5.10. The summed E-state index contributed by atoms with van der Waals surface area (Å²) in [5.74, 6) is 0.145. The summed E-state index contributed by atoms with van der Waals surface area (Å²) in [6.45, 7) is 1.81. The van der Waals surface area contributed by atoms with Gasteiger partial charge < -0.3 is 18.6 Å². The standard InChI is InChI=1S/C25H19FO6/c1-14-19-10-9-18(31-24(27)15-4-7-17(26)8-5-15)13-21(19)32-25(28)23(14)16-6-11-20(29-2)22(12-16)30-3/h4-13H,1-3H3. The maximum atomic E-state index is 13.1. The SMILES string of the molecule is COc1ccc(-c2c(C)c3ccc(OC(=O)c4ccc(F)cc4)cc3oc2=O)cc1OC. The maximum absolute atomic E-state index is 13.1. The average molecular weight is 434 g/mol. The van der Waals surface area contributed by atoms with Crippen molar-refractivity contribution in [2.45, 2.75) is 6.92 Å². The highest BCUT2D eigenvalue weighted by Crippen LogP contribution is 2.34. The molecule has 0 saturated carbocycles. The Bertz CT molecular complexity index is 1370. The van der Waals surface area contributed by atoms with Gasteiger partial charge in [-0.3, -0.25) is 0 Å². The first-order valence-corrected chi connectivity index (χ1v) is 9.69. The molecule has 0 aliphatic rings. The summed E-state index contributed by atoms with van der Waals surface area (Å²) in [4.78, 5) is 25.1. The minimum atomic E-state index is -0.648. The molecule has 0 N–H and O–H groups in total.